The number of rotatable bonds is 4. The SMILES string of the molecule is Cc1ccsc1C(=O)NCC(=O)C(C)C. The summed E-state index contributed by atoms with van der Waals surface area (Å²) in [5, 5.41) is 4.50. The minimum atomic E-state index is -0.156. The average molecular weight is 225 g/mol. The maximum atomic E-state index is 11.6. The zero-order valence-electron chi connectivity index (χ0n) is 9.16. The summed E-state index contributed by atoms with van der Waals surface area (Å²) in [6.45, 7) is 5.65. The van der Waals surface area contributed by atoms with Crippen LogP contribution in [0.3, 0.4) is 0 Å². The van der Waals surface area contributed by atoms with Crippen molar-refractivity contribution < 1.29 is 9.59 Å². The predicted molar refractivity (Wildman–Crippen MR) is 61.2 cm³/mol. The lowest BCUT2D eigenvalue weighted by Gasteiger charge is -2.05. The number of thiophene rings is 1. The van der Waals surface area contributed by atoms with Gasteiger partial charge in [-0.25, -0.2) is 0 Å². The van der Waals surface area contributed by atoms with Gasteiger partial charge in [-0.3, -0.25) is 9.59 Å². The van der Waals surface area contributed by atoms with Crippen LogP contribution in [0.25, 0.3) is 0 Å². The molecule has 3 nitrogen and oxygen atoms in total. The van der Waals surface area contributed by atoms with Crippen LogP contribution < -0.4 is 5.32 Å². The quantitative estimate of drug-likeness (QED) is 0.852. The van der Waals surface area contributed by atoms with E-state index in [1.165, 1.54) is 11.3 Å². The lowest BCUT2D eigenvalue weighted by Crippen LogP contribution is -2.31. The molecule has 0 aliphatic carbocycles. The molecule has 0 atom stereocenters. The molecule has 1 N–H and O–H groups in total. The highest BCUT2D eigenvalue weighted by Gasteiger charge is 2.12. The first-order chi connectivity index (χ1) is 7.02. The van der Waals surface area contributed by atoms with Crippen molar-refractivity contribution in [3.8, 4) is 0 Å². The third kappa shape index (κ3) is 3.16. The fourth-order valence-corrected chi connectivity index (χ4v) is 1.90. The smallest absolute Gasteiger partial charge is 0.261 e. The van der Waals surface area contributed by atoms with Crippen molar-refractivity contribution in [3.05, 3.63) is 21.9 Å². The second-order valence-electron chi connectivity index (χ2n) is 3.74. The number of aryl methyl sites for hydroxylation is 1. The molecule has 0 radical (unpaired) electrons. The molecule has 0 aromatic carbocycles. The molecule has 0 saturated carbocycles. The first-order valence-electron chi connectivity index (χ1n) is 4.87. The number of amides is 1. The molecule has 0 fully saturated rings. The third-order valence-electron chi connectivity index (χ3n) is 2.14. The molecule has 1 heterocycles. The maximum absolute atomic E-state index is 11.6. The lowest BCUT2D eigenvalue weighted by atomic mass is 10.1. The van der Waals surface area contributed by atoms with Gasteiger partial charge < -0.3 is 5.32 Å². The summed E-state index contributed by atoms with van der Waals surface area (Å²) >= 11 is 1.39. The Bertz CT molecular complexity index is 368. The maximum Gasteiger partial charge on any atom is 0.261 e. The van der Waals surface area contributed by atoms with Crippen molar-refractivity contribution in [1.82, 2.24) is 5.32 Å². The Hall–Kier alpha value is -1.16. The molecule has 0 unspecified atom stereocenters. The summed E-state index contributed by atoms with van der Waals surface area (Å²) in [6.07, 6.45) is 0. The van der Waals surface area contributed by atoms with E-state index in [-0.39, 0.29) is 24.2 Å². The van der Waals surface area contributed by atoms with Crippen LogP contribution in [-0.2, 0) is 4.79 Å². The zero-order valence-corrected chi connectivity index (χ0v) is 9.98. The Morgan fingerprint density at radius 2 is 2.13 bits per heavy atom. The highest BCUT2D eigenvalue weighted by atomic mass is 32.1. The second kappa shape index (κ2) is 5.07. The third-order valence-corrected chi connectivity index (χ3v) is 3.15. The van der Waals surface area contributed by atoms with Crippen molar-refractivity contribution in [1.29, 1.82) is 0 Å². The standard InChI is InChI=1S/C11H15NO2S/c1-7(2)9(13)6-12-11(14)10-8(3)4-5-15-10/h4-5,7H,6H2,1-3H3,(H,12,14). The molecule has 1 amide bonds. The van der Waals surface area contributed by atoms with Crippen LogP contribution in [0.5, 0.6) is 0 Å². The van der Waals surface area contributed by atoms with Crippen LogP contribution in [0.15, 0.2) is 11.4 Å². The molecule has 0 spiro atoms. The molecule has 0 saturated heterocycles. The minimum Gasteiger partial charge on any atom is -0.344 e. The minimum absolute atomic E-state index is 0.0327. The zero-order chi connectivity index (χ0) is 11.4. The van der Waals surface area contributed by atoms with E-state index in [9.17, 15) is 9.59 Å². The fraction of sp³-hybridized carbons (Fsp3) is 0.455. The summed E-state index contributed by atoms with van der Waals surface area (Å²) in [6, 6.07) is 1.89. The van der Waals surface area contributed by atoms with Crippen LogP contribution in [0.1, 0.15) is 29.1 Å². The van der Waals surface area contributed by atoms with Crippen molar-refractivity contribution in [2.24, 2.45) is 5.92 Å². The first kappa shape index (κ1) is 11.9. The molecule has 0 bridgehead atoms. The number of hydrogen-bond donors (Lipinski definition) is 1. The van der Waals surface area contributed by atoms with Crippen molar-refractivity contribution in [2.45, 2.75) is 20.8 Å². The van der Waals surface area contributed by atoms with Crippen LogP contribution in [0, 0.1) is 12.8 Å². The van der Waals surface area contributed by atoms with E-state index in [2.05, 4.69) is 5.32 Å². The molecule has 1 aromatic heterocycles. The van der Waals surface area contributed by atoms with Crippen LogP contribution in [0.2, 0.25) is 0 Å². The van der Waals surface area contributed by atoms with Gasteiger partial charge in [-0.05, 0) is 23.9 Å². The second-order valence-corrected chi connectivity index (χ2v) is 4.65. The van der Waals surface area contributed by atoms with E-state index < -0.39 is 0 Å². The van der Waals surface area contributed by atoms with Gasteiger partial charge in [-0.2, -0.15) is 0 Å². The van der Waals surface area contributed by atoms with Crippen LogP contribution in [0.4, 0.5) is 0 Å². The normalized spacial score (nSPS) is 10.4. The summed E-state index contributed by atoms with van der Waals surface area (Å²) in [7, 11) is 0. The van der Waals surface area contributed by atoms with E-state index in [1.807, 2.05) is 32.2 Å². The largest absolute Gasteiger partial charge is 0.344 e. The van der Waals surface area contributed by atoms with Gasteiger partial charge >= 0.3 is 0 Å². The summed E-state index contributed by atoms with van der Waals surface area (Å²) in [5.74, 6) is -0.135. The van der Waals surface area contributed by atoms with Crippen molar-refractivity contribution in [2.75, 3.05) is 6.54 Å². The molecule has 0 aliphatic heterocycles. The topological polar surface area (TPSA) is 46.2 Å². The van der Waals surface area contributed by atoms with E-state index >= 15 is 0 Å². The Morgan fingerprint density at radius 3 is 2.60 bits per heavy atom. The van der Waals surface area contributed by atoms with Gasteiger partial charge in [0.2, 0.25) is 0 Å². The van der Waals surface area contributed by atoms with Gasteiger partial charge in [-0.15, -0.1) is 11.3 Å². The number of ketones is 1. The Kier molecular flexibility index (Phi) is 4.03. The Balaban J connectivity index is 2.51. The average Bonchev–Trinajstić information content (AvgIpc) is 2.60. The van der Waals surface area contributed by atoms with E-state index in [0.29, 0.717) is 4.88 Å². The van der Waals surface area contributed by atoms with E-state index in [4.69, 9.17) is 0 Å². The van der Waals surface area contributed by atoms with Crippen molar-refractivity contribution in [3.63, 3.8) is 0 Å². The van der Waals surface area contributed by atoms with Gasteiger partial charge in [0, 0.05) is 5.92 Å². The molecule has 82 valence electrons. The van der Waals surface area contributed by atoms with Crippen LogP contribution >= 0.6 is 11.3 Å². The molecular formula is C11H15NO2S. The highest BCUT2D eigenvalue weighted by Crippen LogP contribution is 2.14. The molecule has 0 aliphatic rings. The molecule has 4 heteroatoms. The van der Waals surface area contributed by atoms with Gasteiger partial charge in [-0.1, -0.05) is 13.8 Å². The van der Waals surface area contributed by atoms with Gasteiger partial charge in [0.25, 0.3) is 5.91 Å². The number of carbonyl (C=O) groups is 2. The van der Waals surface area contributed by atoms with Gasteiger partial charge in [0.15, 0.2) is 5.78 Å². The highest BCUT2D eigenvalue weighted by molar-refractivity contribution is 7.12. The first-order valence-corrected chi connectivity index (χ1v) is 5.75. The van der Waals surface area contributed by atoms with E-state index in [0.717, 1.165) is 5.56 Å². The van der Waals surface area contributed by atoms with Crippen molar-refractivity contribution >= 4 is 23.0 Å². The molecular weight excluding hydrogens is 210 g/mol. The molecule has 1 rings (SSSR count). The van der Waals surface area contributed by atoms with Crippen LogP contribution in [-0.4, -0.2) is 18.2 Å². The van der Waals surface area contributed by atoms with E-state index in [1.54, 1.807) is 0 Å². The molecule has 1 aromatic rings. The number of nitrogens with one attached hydrogen (secondary N) is 1. The summed E-state index contributed by atoms with van der Waals surface area (Å²) in [4.78, 5) is 23.6. The summed E-state index contributed by atoms with van der Waals surface area (Å²) < 4.78 is 0. The number of Topliss-reactive ketones (excluding diaryl/α,β-unsaturated/α-hetero) is 1. The predicted octanol–water partition coefficient (Wildman–Crippen LogP) is 2.01. The Labute approximate surface area is 93.5 Å². The summed E-state index contributed by atoms with van der Waals surface area (Å²) in [5.41, 5.74) is 0.953. The molecule has 15 heavy (non-hydrogen) atoms. The number of carbonyl (C=O) groups excluding carboxylic acids is 2. The fourth-order valence-electron chi connectivity index (χ4n) is 1.06. The number of hydrogen-bond acceptors (Lipinski definition) is 3. The van der Waals surface area contributed by atoms with Gasteiger partial charge in [0.05, 0.1) is 11.4 Å². The lowest BCUT2D eigenvalue weighted by molar-refractivity contribution is -0.120. The van der Waals surface area contributed by atoms with Gasteiger partial charge in [0.1, 0.15) is 0 Å². The Morgan fingerprint density at radius 1 is 1.47 bits per heavy atom. The monoisotopic (exact) mass is 225 g/mol.